The molecule has 1 N–H and O–H groups in total. The van der Waals surface area contributed by atoms with E-state index >= 15 is 0 Å². The fourth-order valence-corrected chi connectivity index (χ4v) is 2.35. The van der Waals surface area contributed by atoms with Gasteiger partial charge in [0.15, 0.2) is 6.61 Å². The van der Waals surface area contributed by atoms with Crippen molar-refractivity contribution < 1.29 is 9.53 Å². The second-order valence-corrected chi connectivity index (χ2v) is 5.88. The van der Waals surface area contributed by atoms with E-state index < -0.39 is 0 Å². The molecule has 0 saturated carbocycles. The summed E-state index contributed by atoms with van der Waals surface area (Å²) in [6.07, 6.45) is 0. The van der Waals surface area contributed by atoms with Crippen molar-refractivity contribution in [3.63, 3.8) is 0 Å². The quantitative estimate of drug-likeness (QED) is 0.894. The van der Waals surface area contributed by atoms with Gasteiger partial charge in [-0.15, -0.1) is 0 Å². The number of carbonyl (C=O) groups is 1. The Balaban J connectivity index is 1.80. The predicted octanol–water partition coefficient (Wildman–Crippen LogP) is 3.76. The Kier molecular flexibility index (Phi) is 5.39. The number of hydrogen-bond donors (Lipinski definition) is 1. The van der Waals surface area contributed by atoms with Gasteiger partial charge in [0.05, 0.1) is 0 Å². The number of rotatable bonds is 5. The van der Waals surface area contributed by atoms with Crippen molar-refractivity contribution >= 4 is 21.8 Å². The molecule has 21 heavy (non-hydrogen) atoms. The molecule has 0 aliphatic rings. The first-order valence-electron chi connectivity index (χ1n) is 6.76. The molecule has 0 aliphatic heterocycles. The van der Waals surface area contributed by atoms with Crippen molar-refractivity contribution in [2.24, 2.45) is 0 Å². The minimum absolute atomic E-state index is 0.0222. The highest BCUT2D eigenvalue weighted by molar-refractivity contribution is 9.10. The second kappa shape index (κ2) is 7.27. The molecule has 0 radical (unpaired) electrons. The molecule has 0 saturated heterocycles. The number of benzene rings is 2. The predicted molar refractivity (Wildman–Crippen MR) is 87.4 cm³/mol. The fraction of sp³-hybridized carbons (Fsp3) is 0.235. The van der Waals surface area contributed by atoms with Crippen LogP contribution in [0, 0.1) is 13.8 Å². The number of hydrogen-bond acceptors (Lipinski definition) is 2. The van der Waals surface area contributed by atoms with Crippen molar-refractivity contribution in [2.75, 3.05) is 6.61 Å². The molecule has 0 atom stereocenters. The molecule has 0 aromatic heterocycles. The van der Waals surface area contributed by atoms with Crippen molar-refractivity contribution in [2.45, 2.75) is 20.4 Å². The normalized spacial score (nSPS) is 10.2. The fourth-order valence-electron chi connectivity index (χ4n) is 1.88. The largest absolute Gasteiger partial charge is 0.484 e. The Hall–Kier alpha value is -1.81. The van der Waals surface area contributed by atoms with Crippen LogP contribution < -0.4 is 10.1 Å². The zero-order valence-electron chi connectivity index (χ0n) is 12.2. The summed E-state index contributed by atoms with van der Waals surface area (Å²) in [5.74, 6) is 0.599. The summed E-state index contributed by atoms with van der Waals surface area (Å²) in [6, 6.07) is 13.8. The number of aryl methyl sites for hydroxylation is 2. The van der Waals surface area contributed by atoms with Crippen LogP contribution in [0.3, 0.4) is 0 Å². The molecular formula is C17H18BrNO2. The van der Waals surface area contributed by atoms with Crippen LogP contribution in [0.2, 0.25) is 0 Å². The Bertz CT molecular complexity index is 623. The van der Waals surface area contributed by atoms with E-state index in [4.69, 9.17) is 4.74 Å². The second-order valence-electron chi connectivity index (χ2n) is 4.96. The van der Waals surface area contributed by atoms with E-state index in [9.17, 15) is 4.79 Å². The minimum Gasteiger partial charge on any atom is -0.484 e. The van der Waals surface area contributed by atoms with E-state index in [1.165, 1.54) is 5.56 Å². The third kappa shape index (κ3) is 4.90. The lowest BCUT2D eigenvalue weighted by Gasteiger charge is -2.10. The topological polar surface area (TPSA) is 38.3 Å². The number of carbonyl (C=O) groups excluding carboxylic acids is 1. The van der Waals surface area contributed by atoms with Crippen LogP contribution in [-0.2, 0) is 11.3 Å². The van der Waals surface area contributed by atoms with Gasteiger partial charge in [-0.1, -0.05) is 45.8 Å². The molecule has 4 heteroatoms. The molecular weight excluding hydrogens is 330 g/mol. The van der Waals surface area contributed by atoms with Gasteiger partial charge in [0, 0.05) is 11.0 Å². The summed E-state index contributed by atoms with van der Waals surface area (Å²) in [6.45, 7) is 4.52. The summed E-state index contributed by atoms with van der Waals surface area (Å²) < 4.78 is 6.52. The molecule has 2 rings (SSSR count). The summed E-state index contributed by atoms with van der Waals surface area (Å²) in [5, 5.41) is 2.85. The Morgan fingerprint density at radius 1 is 1.14 bits per heavy atom. The lowest BCUT2D eigenvalue weighted by molar-refractivity contribution is -0.123. The van der Waals surface area contributed by atoms with E-state index in [1.807, 2.05) is 56.3 Å². The first-order valence-corrected chi connectivity index (χ1v) is 7.55. The average Bonchev–Trinajstić information content (AvgIpc) is 2.46. The molecule has 0 aliphatic carbocycles. The zero-order chi connectivity index (χ0) is 15.2. The maximum atomic E-state index is 11.8. The van der Waals surface area contributed by atoms with E-state index in [1.54, 1.807) is 0 Å². The molecule has 1 amide bonds. The maximum absolute atomic E-state index is 11.8. The van der Waals surface area contributed by atoms with Gasteiger partial charge < -0.3 is 10.1 Å². The van der Waals surface area contributed by atoms with Crippen LogP contribution in [0.15, 0.2) is 46.9 Å². The van der Waals surface area contributed by atoms with Gasteiger partial charge >= 0.3 is 0 Å². The smallest absolute Gasteiger partial charge is 0.258 e. The van der Waals surface area contributed by atoms with Gasteiger partial charge in [-0.3, -0.25) is 4.79 Å². The van der Waals surface area contributed by atoms with E-state index in [0.29, 0.717) is 6.54 Å². The van der Waals surface area contributed by atoms with Crippen LogP contribution >= 0.6 is 15.9 Å². The Morgan fingerprint density at radius 3 is 2.52 bits per heavy atom. The monoisotopic (exact) mass is 347 g/mol. The van der Waals surface area contributed by atoms with Gasteiger partial charge in [-0.25, -0.2) is 0 Å². The molecule has 2 aromatic rings. The summed E-state index contributed by atoms with van der Waals surface area (Å²) >= 11 is 3.40. The average molecular weight is 348 g/mol. The molecule has 2 aromatic carbocycles. The van der Waals surface area contributed by atoms with Crippen LogP contribution in [0.1, 0.15) is 16.7 Å². The molecule has 3 nitrogen and oxygen atoms in total. The SMILES string of the molecule is Cc1ccc(CNC(=O)COc2ccc(Br)cc2C)cc1. The zero-order valence-corrected chi connectivity index (χ0v) is 13.7. The van der Waals surface area contributed by atoms with E-state index in [0.717, 1.165) is 21.3 Å². The highest BCUT2D eigenvalue weighted by Gasteiger charge is 2.05. The van der Waals surface area contributed by atoms with E-state index in [2.05, 4.69) is 21.2 Å². The maximum Gasteiger partial charge on any atom is 0.258 e. The van der Waals surface area contributed by atoms with E-state index in [-0.39, 0.29) is 12.5 Å². The molecule has 0 spiro atoms. The number of ether oxygens (including phenoxy) is 1. The standard InChI is InChI=1S/C17H18BrNO2/c1-12-3-5-14(6-4-12)10-19-17(20)11-21-16-8-7-15(18)9-13(16)2/h3-9H,10-11H2,1-2H3,(H,19,20). The number of halogens is 1. The molecule has 0 unspecified atom stereocenters. The van der Waals surface area contributed by atoms with Gasteiger partial charge in [-0.2, -0.15) is 0 Å². The first kappa shape index (κ1) is 15.6. The van der Waals surface area contributed by atoms with Gasteiger partial charge in [0.1, 0.15) is 5.75 Å². The molecule has 110 valence electrons. The Morgan fingerprint density at radius 2 is 1.86 bits per heavy atom. The van der Waals surface area contributed by atoms with Gasteiger partial charge in [0.2, 0.25) is 0 Å². The summed E-state index contributed by atoms with van der Waals surface area (Å²) in [4.78, 5) is 11.8. The highest BCUT2D eigenvalue weighted by Crippen LogP contribution is 2.21. The third-order valence-electron chi connectivity index (χ3n) is 3.11. The first-order chi connectivity index (χ1) is 10.0. The molecule has 0 fully saturated rings. The molecule has 0 bridgehead atoms. The van der Waals surface area contributed by atoms with Crippen molar-refractivity contribution in [1.29, 1.82) is 0 Å². The van der Waals surface area contributed by atoms with Gasteiger partial charge in [0.25, 0.3) is 5.91 Å². The summed E-state index contributed by atoms with van der Waals surface area (Å²) in [7, 11) is 0. The van der Waals surface area contributed by atoms with Crippen LogP contribution in [0.4, 0.5) is 0 Å². The van der Waals surface area contributed by atoms with Crippen LogP contribution in [0.5, 0.6) is 5.75 Å². The van der Waals surface area contributed by atoms with Gasteiger partial charge in [-0.05, 0) is 43.2 Å². The third-order valence-corrected chi connectivity index (χ3v) is 3.60. The molecule has 0 heterocycles. The highest BCUT2D eigenvalue weighted by atomic mass is 79.9. The number of amides is 1. The lowest BCUT2D eigenvalue weighted by atomic mass is 10.1. The lowest BCUT2D eigenvalue weighted by Crippen LogP contribution is -2.28. The van der Waals surface area contributed by atoms with Crippen molar-refractivity contribution in [1.82, 2.24) is 5.32 Å². The number of nitrogens with one attached hydrogen (secondary N) is 1. The van der Waals surface area contributed by atoms with Crippen LogP contribution in [-0.4, -0.2) is 12.5 Å². The van der Waals surface area contributed by atoms with Crippen molar-refractivity contribution in [3.8, 4) is 5.75 Å². The minimum atomic E-state index is -0.127. The summed E-state index contributed by atoms with van der Waals surface area (Å²) in [5.41, 5.74) is 3.28. The van der Waals surface area contributed by atoms with Crippen LogP contribution in [0.25, 0.3) is 0 Å². The Labute approximate surface area is 133 Å². The van der Waals surface area contributed by atoms with Crippen molar-refractivity contribution in [3.05, 3.63) is 63.6 Å².